The average molecular weight is 355 g/mol. The van der Waals surface area contributed by atoms with Crippen LogP contribution >= 0.6 is 15.9 Å². The first-order chi connectivity index (χ1) is 10.5. The van der Waals surface area contributed by atoms with Crippen LogP contribution in [0.3, 0.4) is 0 Å². The lowest BCUT2D eigenvalue weighted by Gasteiger charge is -2.23. The minimum absolute atomic E-state index is 0.00290. The number of nitrogens with zero attached hydrogens (tertiary/aromatic N) is 2. The summed E-state index contributed by atoms with van der Waals surface area (Å²) in [6, 6.07) is 16.6. The van der Waals surface area contributed by atoms with Gasteiger partial charge in [0.2, 0.25) is 0 Å². The van der Waals surface area contributed by atoms with E-state index in [2.05, 4.69) is 77.1 Å². The molecule has 1 heterocycles. The Balaban J connectivity index is 1.90. The summed E-state index contributed by atoms with van der Waals surface area (Å²) in [7, 11) is 2.12. The molecule has 2 aromatic carbocycles. The van der Waals surface area contributed by atoms with Gasteiger partial charge in [0.1, 0.15) is 0 Å². The molecule has 0 saturated heterocycles. The van der Waals surface area contributed by atoms with Crippen LogP contribution in [-0.2, 0) is 5.41 Å². The Morgan fingerprint density at radius 2 is 1.73 bits per heavy atom. The molecule has 1 aliphatic rings. The molecule has 0 atom stereocenters. The van der Waals surface area contributed by atoms with Gasteiger partial charge in [0.05, 0.1) is 5.69 Å². The molecule has 0 aliphatic carbocycles. The van der Waals surface area contributed by atoms with E-state index in [-0.39, 0.29) is 5.41 Å². The third-order valence-electron chi connectivity index (χ3n) is 4.22. The topological polar surface area (TPSA) is 15.6 Å². The van der Waals surface area contributed by atoms with Crippen molar-refractivity contribution < 1.29 is 0 Å². The van der Waals surface area contributed by atoms with Gasteiger partial charge < -0.3 is 4.90 Å². The van der Waals surface area contributed by atoms with Gasteiger partial charge in [-0.05, 0) is 42.0 Å². The van der Waals surface area contributed by atoms with Gasteiger partial charge in [-0.2, -0.15) is 0 Å². The number of likely N-dealkylation sites (N-methyl/N-ethyl adjacent to an activating group) is 1. The van der Waals surface area contributed by atoms with Crippen LogP contribution in [0.2, 0.25) is 0 Å². The van der Waals surface area contributed by atoms with E-state index in [1.807, 2.05) is 30.5 Å². The van der Waals surface area contributed by atoms with Gasteiger partial charge >= 0.3 is 0 Å². The van der Waals surface area contributed by atoms with Gasteiger partial charge in [-0.1, -0.05) is 48.0 Å². The molecule has 0 saturated carbocycles. The predicted molar refractivity (Wildman–Crippen MR) is 98.2 cm³/mol. The summed E-state index contributed by atoms with van der Waals surface area (Å²) >= 11 is 3.44. The lowest BCUT2D eigenvalue weighted by Crippen LogP contribution is -2.22. The van der Waals surface area contributed by atoms with Crippen molar-refractivity contribution in [2.24, 2.45) is 4.99 Å². The normalized spacial score (nSPS) is 18.2. The number of hydrogen-bond donors (Lipinski definition) is 0. The maximum Gasteiger partial charge on any atom is 0.0630 e. The SMILES string of the molecule is CN1/C(=C\C=Nc2ccc(Br)cc2)C(C)(C)c2ccccc21. The average Bonchev–Trinajstić information content (AvgIpc) is 2.70. The molecule has 1 aliphatic heterocycles. The molecule has 0 spiro atoms. The number of halogens is 1. The van der Waals surface area contributed by atoms with Crippen LogP contribution in [0.15, 0.2) is 69.8 Å². The van der Waals surface area contributed by atoms with Crippen LogP contribution in [0.5, 0.6) is 0 Å². The number of fused-ring (bicyclic) bond motifs is 1. The maximum atomic E-state index is 4.52. The third kappa shape index (κ3) is 2.61. The Labute approximate surface area is 140 Å². The Kier molecular flexibility index (Phi) is 3.92. The largest absolute Gasteiger partial charge is 0.347 e. The quantitative estimate of drug-likeness (QED) is 0.653. The predicted octanol–water partition coefficient (Wildman–Crippen LogP) is 5.46. The van der Waals surface area contributed by atoms with E-state index in [9.17, 15) is 0 Å². The van der Waals surface area contributed by atoms with Crippen molar-refractivity contribution in [1.29, 1.82) is 0 Å². The van der Waals surface area contributed by atoms with Crippen molar-refractivity contribution in [2.45, 2.75) is 19.3 Å². The van der Waals surface area contributed by atoms with E-state index in [0.717, 1.165) is 10.2 Å². The molecule has 0 fully saturated rings. The summed E-state index contributed by atoms with van der Waals surface area (Å²) in [6.07, 6.45) is 4.00. The van der Waals surface area contributed by atoms with Gasteiger partial charge in [-0.3, -0.25) is 4.99 Å². The molecule has 0 bridgehead atoms. The van der Waals surface area contributed by atoms with E-state index in [4.69, 9.17) is 0 Å². The van der Waals surface area contributed by atoms with Gasteiger partial charge in [0.25, 0.3) is 0 Å². The maximum absolute atomic E-state index is 4.52. The number of rotatable bonds is 2. The van der Waals surface area contributed by atoms with Crippen LogP contribution < -0.4 is 4.90 Å². The number of benzene rings is 2. The van der Waals surface area contributed by atoms with Crippen molar-refractivity contribution in [3.05, 3.63) is 70.3 Å². The molecule has 0 aromatic heterocycles. The lowest BCUT2D eigenvalue weighted by molar-refractivity contribution is 0.641. The van der Waals surface area contributed by atoms with Gasteiger partial charge in [0, 0.05) is 34.5 Å². The highest BCUT2D eigenvalue weighted by molar-refractivity contribution is 9.10. The molecule has 0 N–H and O–H groups in total. The molecular weight excluding hydrogens is 336 g/mol. The number of allylic oxidation sites excluding steroid dienone is 2. The molecule has 0 amide bonds. The summed E-state index contributed by atoms with van der Waals surface area (Å²) in [6.45, 7) is 4.52. The Morgan fingerprint density at radius 1 is 1.05 bits per heavy atom. The summed E-state index contributed by atoms with van der Waals surface area (Å²) in [5, 5.41) is 0. The third-order valence-corrected chi connectivity index (χ3v) is 4.75. The Morgan fingerprint density at radius 3 is 2.41 bits per heavy atom. The van der Waals surface area contributed by atoms with Gasteiger partial charge in [-0.25, -0.2) is 0 Å². The first-order valence-corrected chi connectivity index (χ1v) is 8.13. The van der Waals surface area contributed by atoms with Crippen LogP contribution in [0.25, 0.3) is 0 Å². The zero-order chi connectivity index (χ0) is 15.7. The smallest absolute Gasteiger partial charge is 0.0630 e. The minimum Gasteiger partial charge on any atom is -0.347 e. The van der Waals surface area contributed by atoms with Crippen LogP contribution in [-0.4, -0.2) is 13.3 Å². The highest BCUT2D eigenvalue weighted by atomic mass is 79.9. The van der Waals surface area contributed by atoms with E-state index in [0.29, 0.717) is 0 Å². The fraction of sp³-hybridized carbons (Fsp3) is 0.211. The van der Waals surface area contributed by atoms with Crippen molar-refractivity contribution in [3.8, 4) is 0 Å². The zero-order valence-electron chi connectivity index (χ0n) is 13.0. The van der Waals surface area contributed by atoms with Crippen LogP contribution in [0, 0.1) is 0 Å². The van der Waals surface area contributed by atoms with Crippen molar-refractivity contribution >= 4 is 33.5 Å². The highest BCUT2D eigenvalue weighted by Crippen LogP contribution is 2.46. The van der Waals surface area contributed by atoms with Crippen LogP contribution in [0.4, 0.5) is 11.4 Å². The second-order valence-electron chi connectivity index (χ2n) is 6.01. The molecule has 2 nitrogen and oxygen atoms in total. The number of para-hydroxylation sites is 1. The second-order valence-corrected chi connectivity index (χ2v) is 6.92. The minimum atomic E-state index is -0.00290. The summed E-state index contributed by atoms with van der Waals surface area (Å²) in [5.41, 5.74) is 4.85. The number of aliphatic imine (C=N–C) groups is 1. The molecule has 2 aromatic rings. The van der Waals surface area contributed by atoms with Crippen molar-refractivity contribution in [1.82, 2.24) is 0 Å². The number of anilines is 1. The first kappa shape index (κ1) is 15.0. The lowest BCUT2D eigenvalue weighted by atomic mass is 9.84. The van der Waals surface area contributed by atoms with E-state index < -0.39 is 0 Å². The number of hydrogen-bond acceptors (Lipinski definition) is 2. The fourth-order valence-electron chi connectivity index (χ4n) is 3.02. The molecule has 22 heavy (non-hydrogen) atoms. The van der Waals surface area contributed by atoms with Gasteiger partial charge in [-0.15, -0.1) is 0 Å². The Hall–Kier alpha value is -1.87. The molecule has 3 rings (SSSR count). The van der Waals surface area contributed by atoms with Crippen LogP contribution in [0.1, 0.15) is 19.4 Å². The second kappa shape index (κ2) is 5.73. The summed E-state index contributed by atoms with van der Waals surface area (Å²) < 4.78 is 1.07. The van der Waals surface area contributed by atoms with Gasteiger partial charge in [0.15, 0.2) is 0 Å². The highest BCUT2D eigenvalue weighted by Gasteiger charge is 2.37. The molecule has 112 valence electrons. The van der Waals surface area contributed by atoms with Crippen molar-refractivity contribution in [2.75, 3.05) is 11.9 Å². The summed E-state index contributed by atoms with van der Waals surface area (Å²) in [5.74, 6) is 0. The molecular formula is C19H19BrN2. The molecule has 0 unspecified atom stereocenters. The van der Waals surface area contributed by atoms with E-state index in [1.54, 1.807) is 0 Å². The Bertz CT molecular complexity index is 742. The van der Waals surface area contributed by atoms with E-state index >= 15 is 0 Å². The molecule has 0 radical (unpaired) electrons. The van der Waals surface area contributed by atoms with Crippen molar-refractivity contribution in [3.63, 3.8) is 0 Å². The first-order valence-electron chi connectivity index (χ1n) is 7.34. The monoisotopic (exact) mass is 354 g/mol. The zero-order valence-corrected chi connectivity index (χ0v) is 14.6. The van der Waals surface area contributed by atoms with E-state index in [1.165, 1.54) is 16.9 Å². The summed E-state index contributed by atoms with van der Waals surface area (Å²) in [4.78, 5) is 6.78. The standard InChI is InChI=1S/C19H19BrN2/c1-19(2)16-6-4-5-7-17(16)22(3)18(19)12-13-21-15-10-8-14(20)9-11-15/h4-13H,1-3H3/b18-12-,21-13?. The fourth-order valence-corrected chi connectivity index (χ4v) is 3.29. The molecule has 3 heteroatoms.